The van der Waals surface area contributed by atoms with E-state index in [0.29, 0.717) is 10.8 Å². The first-order valence-electron chi connectivity index (χ1n) is 5.34. The molecule has 1 aliphatic carbocycles. The Bertz CT molecular complexity index is 402. The van der Waals surface area contributed by atoms with Crippen molar-refractivity contribution < 1.29 is 9.84 Å². The molecular formula is C12H16ClNO2. The van der Waals surface area contributed by atoms with E-state index in [2.05, 4.69) is 5.32 Å². The van der Waals surface area contributed by atoms with Crippen LogP contribution in [0.15, 0.2) is 12.1 Å². The molecule has 0 aromatic heterocycles. The van der Waals surface area contributed by atoms with E-state index in [0.717, 1.165) is 24.9 Å². The van der Waals surface area contributed by atoms with Crippen LogP contribution >= 0.6 is 11.6 Å². The summed E-state index contributed by atoms with van der Waals surface area (Å²) in [7, 11) is 3.48. The minimum Gasteiger partial charge on any atom is -0.504 e. The SMILES string of the molecule is CNCC1(c2cc(OC)c(O)cc2Cl)CC1. The molecule has 1 saturated carbocycles. The zero-order valence-corrected chi connectivity index (χ0v) is 10.3. The molecule has 0 bridgehead atoms. The number of aromatic hydroxyl groups is 1. The second-order valence-electron chi connectivity index (χ2n) is 4.31. The summed E-state index contributed by atoms with van der Waals surface area (Å²) in [4.78, 5) is 0. The molecule has 1 fully saturated rings. The van der Waals surface area contributed by atoms with E-state index >= 15 is 0 Å². The Morgan fingerprint density at radius 1 is 1.50 bits per heavy atom. The van der Waals surface area contributed by atoms with Gasteiger partial charge in [-0.05, 0) is 31.5 Å². The van der Waals surface area contributed by atoms with Gasteiger partial charge in [0.2, 0.25) is 0 Å². The van der Waals surface area contributed by atoms with E-state index in [1.165, 1.54) is 0 Å². The van der Waals surface area contributed by atoms with Crippen LogP contribution in [0, 0.1) is 0 Å². The summed E-state index contributed by atoms with van der Waals surface area (Å²) in [6, 6.07) is 3.41. The Kier molecular flexibility index (Phi) is 3.00. The molecule has 0 unspecified atom stereocenters. The van der Waals surface area contributed by atoms with E-state index in [4.69, 9.17) is 16.3 Å². The van der Waals surface area contributed by atoms with E-state index in [-0.39, 0.29) is 11.2 Å². The van der Waals surface area contributed by atoms with Gasteiger partial charge in [0, 0.05) is 23.0 Å². The van der Waals surface area contributed by atoms with Crippen molar-refractivity contribution >= 4 is 11.6 Å². The summed E-state index contributed by atoms with van der Waals surface area (Å²) in [5.74, 6) is 0.582. The lowest BCUT2D eigenvalue weighted by Gasteiger charge is -2.18. The molecule has 4 heteroatoms. The molecule has 2 rings (SSSR count). The first-order valence-corrected chi connectivity index (χ1v) is 5.72. The molecule has 0 amide bonds. The van der Waals surface area contributed by atoms with Gasteiger partial charge in [-0.1, -0.05) is 11.6 Å². The fourth-order valence-corrected chi connectivity index (χ4v) is 2.50. The van der Waals surface area contributed by atoms with Crippen LogP contribution < -0.4 is 10.1 Å². The van der Waals surface area contributed by atoms with Crippen LogP contribution in [-0.4, -0.2) is 25.8 Å². The third kappa shape index (κ3) is 1.85. The van der Waals surface area contributed by atoms with Gasteiger partial charge in [-0.3, -0.25) is 0 Å². The smallest absolute Gasteiger partial charge is 0.160 e. The number of nitrogens with one attached hydrogen (secondary N) is 1. The van der Waals surface area contributed by atoms with Crippen molar-refractivity contribution in [2.24, 2.45) is 0 Å². The van der Waals surface area contributed by atoms with Crippen molar-refractivity contribution in [3.63, 3.8) is 0 Å². The maximum absolute atomic E-state index is 9.61. The third-order valence-electron chi connectivity index (χ3n) is 3.21. The van der Waals surface area contributed by atoms with Gasteiger partial charge < -0.3 is 15.2 Å². The largest absolute Gasteiger partial charge is 0.504 e. The minimum atomic E-state index is 0.0940. The highest BCUT2D eigenvalue weighted by atomic mass is 35.5. The number of halogens is 1. The lowest BCUT2D eigenvalue weighted by Crippen LogP contribution is -2.23. The zero-order chi connectivity index (χ0) is 11.8. The predicted octanol–water partition coefficient (Wildman–Crippen LogP) is 2.31. The van der Waals surface area contributed by atoms with Gasteiger partial charge in [0.1, 0.15) is 0 Å². The Morgan fingerprint density at radius 3 is 2.69 bits per heavy atom. The minimum absolute atomic E-state index is 0.0940. The van der Waals surface area contributed by atoms with E-state index < -0.39 is 0 Å². The predicted molar refractivity (Wildman–Crippen MR) is 64.5 cm³/mol. The summed E-state index contributed by atoms with van der Waals surface area (Å²) >= 11 is 6.18. The number of hydrogen-bond acceptors (Lipinski definition) is 3. The zero-order valence-electron chi connectivity index (χ0n) is 9.51. The lowest BCUT2D eigenvalue weighted by molar-refractivity contribution is 0.372. The average Bonchev–Trinajstić information content (AvgIpc) is 2.99. The number of rotatable bonds is 4. The highest BCUT2D eigenvalue weighted by Gasteiger charge is 2.45. The Balaban J connectivity index is 2.41. The molecule has 0 heterocycles. The molecule has 0 aliphatic heterocycles. The van der Waals surface area contributed by atoms with Gasteiger partial charge in [0.15, 0.2) is 11.5 Å². The summed E-state index contributed by atoms with van der Waals surface area (Å²) in [5.41, 5.74) is 1.20. The third-order valence-corrected chi connectivity index (χ3v) is 3.52. The second kappa shape index (κ2) is 4.15. The molecule has 1 aromatic carbocycles. The van der Waals surface area contributed by atoms with Gasteiger partial charge in [-0.25, -0.2) is 0 Å². The maximum Gasteiger partial charge on any atom is 0.160 e. The molecule has 0 saturated heterocycles. The standard InChI is InChI=1S/C12H16ClNO2/c1-14-7-12(3-4-12)8-5-11(16-2)10(15)6-9(8)13/h5-6,14-15H,3-4,7H2,1-2H3. The Hall–Kier alpha value is -0.930. The van der Waals surface area contributed by atoms with E-state index in [9.17, 15) is 5.11 Å². The summed E-state index contributed by atoms with van der Waals surface area (Å²) in [6.07, 6.45) is 2.25. The molecular weight excluding hydrogens is 226 g/mol. The molecule has 88 valence electrons. The van der Waals surface area contributed by atoms with Crippen molar-refractivity contribution in [1.82, 2.24) is 5.32 Å². The fraction of sp³-hybridized carbons (Fsp3) is 0.500. The number of benzene rings is 1. The van der Waals surface area contributed by atoms with E-state index in [1.54, 1.807) is 13.2 Å². The number of ether oxygens (including phenoxy) is 1. The number of methoxy groups -OCH3 is 1. The quantitative estimate of drug-likeness (QED) is 0.850. The van der Waals surface area contributed by atoms with Crippen LogP contribution in [-0.2, 0) is 5.41 Å². The first kappa shape index (κ1) is 11.6. The molecule has 0 spiro atoms. The van der Waals surface area contributed by atoms with Crippen LogP contribution in [0.25, 0.3) is 0 Å². The molecule has 16 heavy (non-hydrogen) atoms. The molecule has 0 atom stereocenters. The van der Waals surface area contributed by atoms with Crippen LogP contribution in [0.1, 0.15) is 18.4 Å². The Labute approximate surface area is 100 Å². The summed E-state index contributed by atoms with van der Waals surface area (Å²) in [6.45, 7) is 0.903. The Morgan fingerprint density at radius 2 is 2.19 bits per heavy atom. The summed E-state index contributed by atoms with van der Waals surface area (Å²) in [5, 5.41) is 13.4. The van der Waals surface area contributed by atoms with Crippen molar-refractivity contribution in [3.8, 4) is 11.5 Å². The average molecular weight is 242 g/mol. The number of phenols is 1. The second-order valence-corrected chi connectivity index (χ2v) is 4.72. The summed E-state index contributed by atoms with van der Waals surface area (Å²) < 4.78 is 5.11. The molecule has 3 nitrogen and oxygen atoms in total. The van der Waals surface area contributed by atoms with Crippen molar-refractivity contribution in [2.45, 2.75) is 18.3 Å². The number of likely N-dealkylation sites (N-methyl/N-ethyl adjacent to an activating group) is 1. The van der Waals surface area contributed by atoms with E-state index in [1.807, 2.05) is 13.1 Å². The fourth-order valence-electron chi connectivity index (χ4n) is 2.14. The van der Waals surface area contributed by atoms with Gasteiger partial charge >= 0.3 is 0 Å². The highest BCUT2D eigenvalue weighted by Crippen LogP contribution is 2.51. The van der Waals surface area contributed by atoms with Gasteiger partial charge in [-0.2, -0.15) is 0 Å². The van der Waals surface area contributed by atoms with Gasteiger partial charge in [0.25, 0.3) is 0 Å². The topological polar surface area (TPSA) is 41.5 Å². The first-order chi connectivity index (χ1) is 7.63. The number of hydrogen-bond donors (Lipinski definition) is 2. The van der Waals surface area contributed by atoms with Crippen LogP contribution in [0.3, 0.4) is 0 Å². The lowest BCUT2D eigenvalue weighted by atomic mass is 9.95. The van der Waals surface area contributed by atoms with Gasteiger partial charge in [-0.15, -0.1) is 0 Å². The van der Waals surface area contributed by atoms with Crippen LogP contribution in [0.4, 0.5) is 0 Å². The monoisotopic (exact) mass is 241 g/mol. The number of phenolic OH excluding ortho intramolecular Hbond substituents is 1. The molecule has 0 radical (unpaired) electrons. The van der Waals surface area contributed by atoms with Crippen molar-refractivity contribution in [1.29, 1.82) is 0 Å². The van der Waals surface area contributed by atoms with Crippen LogP contribution in [0.2, 0.25) is 5.02 Å². The van der Waals surface area contributed by atoms with Crippen molar-refractivity contribution in [2.75, 3.05) is 20.7 Å². The van der Waals surface area contributed by atoms with Gasteiger partial charge in [0.05, 0.1) is 7.11 Å². The molecule has 1 aliphatic rings. The maximum atomic E-state index is 9.61. The molecule has 2 N–H and O–H groups in total. The normalized spacial score (nSPS) is 17.2. The molecule has 1 aromatic rings. The highest BCUT2D eigenvalue weighted by molar-refractivity contribution is 6.31. The van der Waals surface area contributed by atoms with Crippen molar-refractivity contribution in [3.05, 3.63) is 22.7 Å². The van der Waals surface area contributed by atoms with Crippen LogP contribution in [0.5, 0.6) is 11.5 Å².